The fraction of sp³-hybridized carbons (Fsp3) is 0.750. The minimum Gasteiger partial charge on any atom is -0.384 e. The molecule has 1 saturated heterocycles. The second-order valence-corrected chi connectivity index (χ2v) is 5.30. The number of aliphatic hydroxyl groups is 1. The molecule has 5 nitrogen and oxygen atoms in total. The van der Waals surface area contributed by atoms with Crippen LogP contribution in [0.2, 0.25) is 0 Å². The van der Waals surface area contributed by atoms with Crippen LogP contribution in [-0.4, -0.2) is 41.3 Å². The van der Waals surface area contributed by atoms with E-state index in [2.05, 4.69) is 21.0 Å². The molecule has 2 heterocycles. The SMILES string of the molecule is COCCn1ncc(Br)c1C(O)C1CCCCO1. The summed E-state index contributed by atoms with van der Waals surface area (Å²) >= 11 is 3.44. The Morgan fingerprint density at radius 1 is 1.67 bits per heavy atom. The molecule has 1 aliphatic heterocycles. The standard InChI is InChI=1S/C12H19BrN2O3/c1-17-7-5-15-11(9(13)8-14-15)12(16)10-4-2-3-6-18-10/h8,10,12,16H,2-7H2,1H3. The number of nitrogens with zero attached hydrogens (tertiary/aromatic N) is 2. The average Bonchev–Trinajstić information content (AvgIpc) is 2.77. The Bertz CT molecular complexity index is 377. The molecule has 0 spiro atoms. The molecule has 1 aromatic rings. The number of aromatic nitrogens is 2. The third-order valence-electron chi connectivity index (χ3n) is 3.19. The van der Waals surface area contributed by atoms with E-state index in [4.69, 9.17) is 9.47 Å². The first kappa shape index (κ1) is 14.0. The number of ether oxygens (including phenoxy) is 2. The fourth-order valence-electron chi connectivity index (χ4n) is 2.21. The third-order valence-corrected chi connectivity index (χ3v) is 3.80. The van der Waals surface area contributed by atoms with E-state index in [1.54, 1.807) is 18.0 Å². The van der Waals surface area contributed by atoms with Crippen molar-refractivity contribution in [1.82, 2.24) is 9.78 Å². The first-order chi connectivity index (χ1) is 8.74. The van der Waals surface area contributed by atoms with Gasteiger partial charge in [0.25, 0.3) is 0 Å². The van der Waals surface area contributed by atoms with Gasteiger partial charge >= 0.3 is 0 Å². The van der Waals surface area contributed by atoms with Crippen LogP contribution in [0.4, 0.5) is 0 Å². The quantitative estimate of drug-likeness (QED) is 0.900. The zero-order valence-electron chi connectivity index (χ0n) is 10.5. The van der Waals surface area contributed by atoms with Gasteiger partial charge in [-0.1, -0.05) is 0 Å². The Morgan fingerprint density at radius 3 is 3.17 bits per heavy atom. The first-order valence-electron chi connectivity index (χ1n) is 6.24. The van der Waals surface area contributed by atoms with E-state index in [0.717, 1.165) is 36.0 Å². The predicted molar refractivity (Wildman–Crippen MR) is 70.4 cm³/mol. The summed E-state index contributed by atoms with van der Waals surface area (Å²) < 4.78 is 13.3. The maximum absolute atomic E-state index is 10.4. The molecule has 2 unspecified atom stereocenters. The van der Waals surface area contributed by atoms with E-state index in [9.17, 15) is 5.11 Å². The van der Waals surface area contributed by atoms with Crippen LogP contribution in [0, 0.1) is 0 Å². The van der Waals surface area contributed by atoms with Gasteiger partial charge in [0.15, 0.2) is 0 Å². The van der Waals surface area contributed by atoms with Crippen LogP contribution in [0.3, 0.4) is 0 Å². The van der Waals surface area contributed by atoms with E-state index in [1.807, 2.05) is 0 Å². The lowest BCUT2D eigenvalue weighted by Crippen LogP contribution is -2.28. The zero-order chi connectivity index (χ0) is 13.0. The lowest BCUT2D eigenvalue weighted by molar-refractivity contribution is -0.0667. The summed E-state index contributed by atoms with van der Waals surface area (Å²) in [5, 5.41) is 14.7. The smallest absolute Gasteiger partial charge is 0.123 e. The van der Waals surface area contributed by atoms with Crippen molar-refractivity contribution in [3.05, 3.63) is 16.4 Å². The molecular weight excluding hydrogens is 300 g/mol. The normalized spacial score (nSPS) is 22.1. The van der Waals surface area contributed by atoms with Crippen LogP contribution in [0.1, 0.15) is 31.1 Å². The average molecular weight is 319 g/mol. The van der Waals surface area contributed by atoms with Crippen LogP contribution in [0.5, 0.6) is 0 Å². The Morgan fingerprint density at radius 2 is 2.50 bits per heavy atom. The van der Waals surface area contributed by atoms with Crippen LogP contribution >= 0.6 is 15.9 Å². The molecular formula is C12H19BrN2O3. The zero-order valence-corrected chi connectivity index (χ0v) is 12.1. The van der Waals surface area contributed by atoms with Crippen molar-refractivity contribution in [3.8, 4) is 0 Å². The molecule has 2 atom stereocenters. The summed E-state index contributed by atoms with van der Waals surface area (Å²) in [6.45, 7) is 1.92. The molecule has 0 aromatic carbocycles. The van der Waals surface area contributed by atoms with Crippen LogP contribution in [0.15, 0.2) is 10.7 Å². The number of hydrogen-bond donors (Lipinski definition) is 1. The summed E-state index contributed by atoms with van der Waals surface area (Å²) in [6.07, 6.45) is 4.01. The van der Waals surface area contributed by atoms with Crippen molar-refractivity contribution < 1.29 is 14.6 Å². The molecule has 18 heavy (non-hydrogen) atoms. The van der Waals surface area contributed by atoms with E-state index < -0.39 is 6.10 Å². The largest absolute Gasteiger partial charge is 0.384 e. The van der Waals surface area contributed by atoms with E-state index in [1.165, 1.54) is 0 Å². The van der Waals surface area contributed by atoms with Gasteiger partial charge in [-0.05, 0) is 35.2 Å². The van der Waals surface area contributed by atoms with Gasteiger partial charge in [-0.3, -0.25) is 4.68 Å². The Kier molecular flexibility index (Phi) is 5.17. The molecule has 0 saturated carbocycles. The van der Waals surface area contributed by atoms with Gasteiger partial charge in [0.2, 0.25) is 0 Å². The van der Waals surface area contributed by atoms with Crippen LogP contribution < -0.4 is 0 Å². The van der Waals surface area contributed by atoms with Gasteiger partial charge in [-0.15, -0.1) is 0 Å². The molecule has 0 radical (unpaired) electrons. The van der Waals surface area contributed by atoms with Gasteiger partial charge in [0.1, 0.15) is 6.10 Å². The molecule has 1 aliphatic rings. The number of aliphatic hydroxyl groups excluding tert-OH is 1. The predicted octanol–water partition coefficient (Wildman–Crippen LogP) is 1.89. The summed E-state index contributed by atoms with van der Waals surface area (Å²) in [7, 11) is 1.65. The van der Waals surface area contributed by atoms with Crippen molar-refractivity contribution in [1.29, 1.82) is 0 Å². The van der Waals surface area contributed by atoms with E-state index >= 15 is 0 Å². The maximum Gasteiger partial charge on any atom is 0.123 e. The lowest BCUT2D eigenvalue weighted by atomic mass is 10.0. The minimum atomic E-state index is -0.640. The van der Waals surface area contributed by atoms with Crippen molar-refractivity contribution >= 4 is 15.9 Å². The second-order valence-electron chi connectivity index (χ2n) is 4.44. The van der Waals surface area contributed by atoms with Gasteiger partial charge < -0.3 is 14.6 Å². The third kappa shape index (κ3) is 3.12. The van der Waals surface area contributed by atoms with Crippen molar-refractivity contribution in [2.24, 2.45) is 0 Å². The number of rotatable bonds is 5. The Balaban J connectivity index is 2.12. The van der Waals surface area contributed by atoms with Gasteiger partial charge in [0.05, 0.1) is 35.6 Å². The molecule has 1 fully saturated rings. The second kappa shape index (κ2) is 6.65. The molecule has 0 bridgehead atoms. The number of halogens is 1. The molecule has 102 valence electrons. The van der Waals surface area contributed by atoms with Crippen LogP contribution in [0.25, 0.3) is 0 Å². The molecule has 6 heteroatoms. The monoisotopic (exact) mass is 318 g/mol. The van der Waals surface area contributed by atoms with Crippen molar-refractivity contribution in [2.45, 2.75) is 38.0 Å². The van der Waals surface area contributed by atoms with Gasteiger partial charge in [-0.25, -0.2) is 0 Å². The number of hydrogen-bond acceptors (Lipinski definition) is 4. The van der Waals surface area contributed by atoms with E-state index in [0.29, 0.717) is 13.2 Å². The lowest BCUT2D eigenvalue weighted by Gasteiger charge is -2.27. The Hall–Kier alpha value is -0.430. The summed E-state index contributed by atoms with van der Waals surface area (Å²) in [6, 6.07) is 0. The summed E-state index contributed by atoms with van der Waals surface area (Å²) in [5.74, 6) is 0. The molecule has 1 N–H and O–H groups in total. The highest BCUT2D eigenvalue weighted by Crippen LogP contribution is 2.30. The fourth-order valence-corrected chi connectivity index (χ4v) is 2.74. The number of methoxy groups -OCH3 is 1. The highest BCUT2D eigenvalue weighted by Gasteiger charge is 2.28. The molecule has 1 aromatic heterocycles. The van der Waals surface area contributed by atoms with Gasteiger partial charge in [-0.2, -0.15) is 5.10 Å². The van der Waals surface area contributed by atoms with Crippen LogP contribution in [-0.2, 0) is 16.0 Å². The summed E-state index contributed by atoms with van der Waals surface area (Å²) in [5.41, 5.74) is 0.777. The topological polar surface area (TPSA) is 56.5 Å². The van der Waals surface area contributed by atoms with E-state index in [-0.39, 0.29) is 6.10 Å². The van der Waals surface area contributed by atoms with Gasteiger partial charge in [0, 0.05) is 13.7 Å². The van der Waals surface area contributed by atoms with Crippen molar-refractivity contribution in [2.75, 3.05) is 20.3 Å². The molecule has 0 amide bonds. The highest BCUT2D eigenvalue weighted by atomic mass is 79.9. The maximum atomic E-state index is 10.4. The Labute approximate surface area is 115 Å². The first-order valence-corrected chi connectivity index (χ1v) is 7.03. The minimum absolute atomic E-state index is 0.131. The highest BCUT2D eigenvalue weighted by molar-refractivity contribution is 9.10. The molecule has 2 rings (SSSR count). The summed E-state index contributed by atoms with van der Waals surface area (Å²) in [4.78, 5) is 0. The molecule has 0 aliphatic carbocycles. The van der Waals surface area contributed by atoms with Crippen molar-refractivity contribution in [3.63, 3.8) is 0 Å².